The van der Waals surface area contributed by atoms with Gasteiger partial charge in [-0.15, -0.1) is 0 Å². The van der Waals surface area contributed by atoms with Gasteiger partial charge in [-0.3, -0.25) is 0 Å². The maximum atomic E-state index is 5.67. The summed E-state index contributed by atoms with van der Waals surface area (Å²) in [6.45, 7) is 17.6. The summed E-state index contributed by atoms with van der Waals surface area (Å²) in [6, 6.07) is 19.0. The van der Waals surface area contributed by atoms with Gasteiger partial charge < -0.3 is 0 Å². The monoisotopic (exact) mass is 850 g/mol. The molecule has 0 N–H and O–H groups in total. The molecule has 0 atom stereocenters. The van der Waals surface area contributed by atoms with E-state index in [0.717, 1.165) is 18.7 Å². The summed E-state index contributed by atoms with van der Waals surface area (Å²) in [4.78, 5) is 4.81. The Kier molecular flexibility index (Phi) is 16.9. The number of aryl methyl sites for hydroxylation is 6. The Hall–Kier alpha value is -1.37. The molecule has 3 aromatic rings. The second kappa shape index (κ2) is 21.1. The minimum absolute atomic E-state index is 0.0465. The molecule has 1 heterocycles. The number of rotatable bonds is 6. The van der Waals surface area contributed by atoms with Crippen LogP contribution in [0.3, 0.4) is 0 Å². The van der Waals surface area contributed by atoms with Crippen molar-refractivity contribution in [1.29, 1.82) is 0 Å². The average molecular weight is 851 g/mol. The normalized spacial score (nSPS) is 19.0. The second-order valence-corrected chi connectivity index (χ2v) is 25.4. The molecule has 0 radical (unpaired) electrons. The van der Waals surface area contributed by atoms with E-state index in [-0.39, 0.29) is 7.92 Å². The quantitative estimate of drug-likeness (QED) is 0.138. The number of anilines is 2. The fourth-order valence-electron chi connectivity index (χ4n) is 10.0. The molecule has 3 saturated carbocycles. The molecule has 6 heteroatoms. The molecule has 0 bridgehead atoms. The molecular formula is C46H67Cl2N2PRu+2. The number of halogens is 2. The standard InChI is InChI=1S/C21H27N2.C18H33P.C7H6.2ClH.Ru/c1-14-9-16(3)20(17(4)10-14)22-7-8-23(13-22)21-18(5)11-15(2)12-19(21)6;1-4-10-16(11-5-1)19(17-12-6-2-7-13-17)18-14-8-3-9-15-18;1-7-5-3-2-4-6-7;;;/h9-13H,7-8H2,1-6H3;16-18H,1-15H2;1-6H;2*1H;/q+1;;;;;+2/p-1. The SMILES string of the molecule is C1CCC([PH+](C2CCCCC2)C2CCCCC2)CC1.Cc1cc(C)c(N2[CH+]N(c3c(C)cc(C)cc3C)CC2)c(C)c1.[Cl][Ru]([Cl])=[CH]c1ccccc1. The van der Waals surface area contributed by atoms with E-state index in [4.69, 9.17) is 19.4 Å². The third-order valence-electron chi connectivity index (χ3n) is 11.9. The van der Waals surface area contributed by atoms with Crippen LogP contribution >= 0.6 is 27.3 Å². The molecule has 52 heavy (non-hydrogen) atoms. The Labute approximate surface area is 332 Å². The Morgan fingerprint density at radius 3 is 1.23 bits per heavy atom. The summed E-state index contributed by atoms with van der Waals surface area (Å²) in [5.74, 6) is 0. The van der Waals surface area contributed by atoms with Crippen LogP contribution in [0.1, 0.15) is 135 Å². The number of benzene rings is 3. The molecule has 0 aromatic heterocycles. The van der Waals surface area contributed by atoms with Crippen molar-refractivity contribution in [2.24, 2.45) is 0 Å². The van der Waals surface area contributed by atoms with E-state index in [9.17, 15) is 0 Å². The van der Waals surface area contributed by atoms with E-state index in [1.54, 1.807) is 96.3 Å². The van der Waals surface area contributed by atoms with Crippen LogP contribution < -0.4 is 9.80 Å². The van der Waals surface area contributed by atoms with Gasteiger partial charge in [0.15, 0.2) is 0 Å². The van der Waals surface area contributed by atoms with E-state index in [0.29, 0.717) is 0 Å². The van der Waals surface area contributed by atoms with Crippen molar-refractivity contribution in [2.75, 3.05) is 22.9 Å². The van der Waals surface area contributed by atoms with Gasteiger partial charge in [0.25, 0.3) is 6.67 Å². The van der Waals surface area contributed by atoms with E-state index in [2.05, 4.69) is 82.3 Å². The summed E-state index contributed by atoms with van der Waals surface area (Å²) in [7, 11) is 11.3. The molecule has 4 aliphatic rings. The summed E-state index contributed by atoms with van der Waals surface area (Å²) < 4.78 is 1.92. The van der Waals surface area contributed by atoms with Crippen LogP contribution in [0.2, 0.25) is 0 Å². The Morgan fingerprint density at radius 2 is 0.904 bits per heavy atom. The van der Waals surface area contributed by atoms with E-state index >= 15 is 0 Å². The number of nitrogens with zero attached hydrogens (tertiary/aromatic N) is 2. The van der Waals surface area contributed by atoms with Crippen molar-refractivity contribution < 1.29 is 13.5 Å². The van der Waals surface area contributed by atoms with Gasteiger partial charge in [-0.05, 0) is 141 Å². The zero-order chi connectivity index (χ0) is 37.0. The Balaban J connectivity index is 0.000000162. The third-order valence-corrected chi connectivity index (χ3v) is 18.4. The molecule has 0 amide bonds. The summed E-state index contributed by atoms with van der Waals surface area (Å²) in [6.07, 6.45) is 23.8. The number of hydrogen-bond acceptors (Lipinski definition) is 2. The first kappa shape index (κ1) is 41.8. The van der Waals surface area contributed by atoms with E-state index in [1.807, 2.05) is 34.9 Å². The van der Waals surface area contributed by atoms with Gasteiger partial charge in [-0.25, -0.2) is 0 Å². The van der Waals surface area contributed by atoms with Crippen molar-refractivity contribution in [1.82, 2.24) is 0 Å². The van der Waals surface area contributed by atoms with Crippen molar-refractivity contribution in [3.05, 3.63) is 100 Å². The predicted octanol–water partition coefficient (Wildman–Crippen LogP) is 13.9. The summed E-state index contributed by atoms with van der Waals surface area (Å²) in [5.41, 5.74) is 15.6. The van der Waals surface area contributed by atoms with E-state index < -0.39 is 13.5 Å². The number of hydrogen-bond donors (Lipinski definition) is 0. The molecule has 3 aliphatic carbocycles. The van der Waals surface area contributed by atoms with Gasteiger partial charge in [0, 0.05) is 7.92 Å². The minimum atomic E-state index is -1.61. The van der Waals surface area contributed by atoms with Gasteiger partial charge in [-0.2, -0.15) is 9.80 Å². The van der Waals surface area contributed by atoms with Crippen molar-refractivity contribution >= 4 is 43.3 Å². The molecule has 1 saturated heterocycles. The molecule has 3 aromatic carbocycles. The van der Waals surface area contributed by atoms with Gasteiger partial charge in [0.2, 0.25) is 0 Å². The second-order valence-electron chi connectivity index (χ2n) is 16.2. The molecule has 7 rings (SSSR count). The summed E-state index contributed by atoms with van der Waals surface area (Å²) in [5, 5.41) is 0. The molecule has 2 nitrogen and oxygen atoms in total. The molecule has 286 valence electrons. The molecule has 0 unspecified atom stereocenters. The zero-order valence-electron chi connectivity index (χ0n) is 33.1. The molecule has 0 spiro atoms. The van der Waals surface area contributed by atoms with Crippen LogP contribution in [-0.4, -0.2) is 34.7 Å². The Bertz CT molecular complexity index is 1420. The molecule has 4 fully saturated rings. The van der Waals surface area contributed by atoms with Crippen molar-refractivity contribution in [3.8, 4) is 0 Å². The summed E-state index contributed by atoms with van der Waals surface area (Å²) >= 11 is -1.61. The first-order chi connectivity index (χ1) is 25.1. The van der Waals surface area contributed by atoms with Gasteiger partial charge in [0.05, 0.1) is 41.4 Å². The average Bonchev–Trinajstić information content (AvgIpc) is 3.58. The van der Waals surface area contributed by atoms with Gasteiger partial charge >= 0.3 is 73.4 Å². The third kappa shape index (κ3) is 12.1. The zero-order valence-corrected chi connectivity index (χ0v) is 37.4. The fourth-order valence-corrected chi connectivity index (χ4v) is 17.1. The molecular weight excluding hydrogens is 783 g/mol. The van der Waals surface area contributed by atoms with E-state index in [1.165, 1.54) is 61.7 Å². The van der Waals surface area contributed by atoms with Crippen LogP contribution in [0.5, 0.6) is 0 Å². The van der Waals surface area contributed by atoms with Crippen LogP contribution in [0, 0.1) is 48.2 Å². The van der Waals surface area contributed by atoms with Crippen molar-refractivity contribution in [2.45, 2.75) is 155 Å². The Morgan fingerprint density at radius 1 is 0.558 bits per heavy atom. The van der Waals surface area contributed by atoms with Crippen LogP contribution in [-0.2, 0) is 13.5 Å². The van der Waals surface area contributed by atoms with Crippen LogP contribution in [0.25, 0.3) is 0 Å². The first-order valence-electron chi connectivity index (χ1n) is 20.4. The topological polar surface area (TPSA) is 6.48 Å². The maximum absolute atomic E-state index is 5.67. The fraction of sp³-hybridized carbons (Fsp3) is 0.565. The first-order valence-corrected chi connectivity index (χ1v) is 27.6. The van der Waals surface area contributed by atoms with Crippen LogP contribution in [0.4, 0.5) is 11.4 Å². The molecule has 1 aliphatic heterocycles. The van der Waals surface area contributed by atoms with Gasteiger partial charge in [0.1, 0.15) is 0 Å². The van der Waals surface area contributed by atoms with Gasteiger partial charge in [-0.1, -0.05) is 54.7 Å². The predicted molar refractivity (Wildman–Crippen MR) is 233 cm³/mol. The van der Waals surface area contributed by atoms with Crippen molar-refractivity contribution in [3.63, 3.8) is 0 Å². The van der Waals surface area contributed by atoms with Crippen LogP contribution in [0.15, 0.2) is 54.6 Å².